The Kier molecular flexibility index (Phi) is 3.19. The van der Waals surface area contributed by atoms with Gasteiger partial charge in [0.1, 0.15) is 0 Å². The SMILES string of the molecule is Oc1ccc(F)cc1CNc1cccc2c1N=[Se]=N2. The summed E-state index contributed by atoms with van der Waals surface area (Å²) in [6, 6.07) is 9.61. The number of fused-ring (bicyclic) bond motifs is 1. The monoisotopic (exact) mass is 323 g/mol. The molecule has 0 saturated heterocycles. The molecule has 1 heterocycles. The Labute approximate surface area is 115 Å². The number of nitrogens with zero attached hydrogens (tertiary/aromatic N) is 2. The van der Waals surface area contributed by atoms with Gasteiger partial charge in [-0.3, -0.25) is 0 Å². The number of phenolic OH excluding ortho intramolecular Hbond substituents is 1. The first-order chi connectivity index (χ1) is 9.24. The second kappa shape index (κ2) is 4.99. The van der Waals surface area contributed by atoms with Crippen LogP contribution in [0.25, 0.3) is 0 Å². The molecule has 0 atom stereocenters. The van der Waals surface area contributed by atoms with Crippen LogP contribution in [0.1, 0.15) is 5.56 Å². The summed E-state index contributed by atoms with van der Waals surface area (Å²) in [6.07, 6.45) is 0. The molecular formula is C13H10FN3OSe. The van der Waals surface area contributed by atoms with Crippen LogP contribution < -0.4 is 5.32 Å². The summed E-state index contributed by atoms with van der Waals surface area (Å²) < 4.78 is 21.8. The van der Waals surface area contributed by atoms with Gasteiger partial charge in [0.2, 0.25) is 0 Å². The van der Waals surface area contributed by atoms with E-state index in [1.807, 2.05) is 18.2 Å². The van der Waals surface area contributed by atoms with E-state index in [-0.39, 0.29) is 26.1 Å². The van der Waals surface area contributed by atoms with Crippen LogP contribution in [0.5, 0.6) is 5.75 Å². The summed E-state index contributed by atoms with van der Waals surface area (Å²) >= 11 is -0.0822. The van der Waals surface area contributed by atoms with Gasteiger partial charge in [-0.25, -0.2) is 0 Å². The first-order valence-corrected chi connectivity index (χ1v) is 7.20. The molecule has 19 heavy (non-hydrogen) atoms. The molecule has 0 saturated carbocycles. The van der Waals surface area contributed by atoms with Crippen LogP contribution in [0.3, 0.4) is 0 Å². The molecule has 96 valence electrons. The van der Waals surface area contributed by atoms with Crippen molar-refractivity contribution in [2.45, 2.75) is 6.54 Å². The number of halogens is 1. The quantitative estimate of drug-likeness (QED) is 0.725. The Morgan fingerprint density at radius 3 is 3.00 bits per heavy atom. The van der Waals surface area contributed by atoms with Gasteiger partial charge in [0.15, 0.2) is 0 Å². The van der Waals surface area contributed by atoms with Crippen LogP contribution in [0.15, 0.2) is 44.3 Å². The molecule has 2 aromatic carbocycles. The number of nitrogens with one attached hydrogen (secondary N) is 1. The van der Waals surface area contributed by atoms with Crippen molar-refractivity contribution < 1.29 is 9.50 Å². The van der Waals surface area contributed by atoms with Crippen molar-refractivity contribution in [1.82, 2.24) is 0 Å². The number of hydrogen-bond donors (Lipinski definition) is 2. The fraction of sp³-hybridized carbons (Fsp3) is 0.0769. The molecular weight excluding hydrogens is 312 g/mol. The maximum atomic E-state index is 13.1. The van der Waals surface area contributed by atoms with Gasteiger partial charge in [0.25, 0.3) is 0 Å². The van der Waals surface area contributed by atoms with E-state index in [0.717, 1.165) is 17.1 Å². The van der Waals surface area contributed by atoms with E-state index in [0.29, 0.717) is 12.1 Å². The van der Waals surface area contributed by atoms with Gasteiger partial charge in [-0.15, -0.1) is 0 Å². The molecule has 0 bridgehead atoms. The summed E-state index contributed by atoms with van der Waals surface area (Å²) in [5.41, 5.74) is 3.09. The Hall–Kier alpha value is -1.91. The van der Waals surface area contributed by atoms with E-state index >= 15 is 0 Å². The fourth-order valence-electron chi connectivity index (χ4n) is 1.83. The zero-order valence-corrected chi connectivity index (χ0v) is 11.5. The fourth-order valence-corrected chi connectivity index (χ4v) is 2.99. The van der Waals surface area contributed by atoms with Crippen molar-refractivity contribution in [2.75, 3.05) is 5.32 Å². The molecule has 0 fully saturated rings. The first-order valence-electron chi connectivity index (χ1n) is 5.66. The van der Waals surface area contributed by atoms with E-state index in [1.165, 1.54) is 18.2 Å². The second-order valence-electron chi connectivity index (χ2n) is 4.06. The predicted molar refractivity (Wildman–Crippen MR) is 71.8 cm³/mol. The average Bonchev–Trinajstić information content (AvgIpc) is 2.88. The number of aromatic hydroxyl groups is 1. The van der Waals surface area contributed by atoms with Gasteiger partial charge in [-0.05, 0) is 0 Å². The van der Waals surface area contributed by atoms with Gasteiger partial charge in [-0.2, -0.15) is 0 Å². The zero-order valence-electron chi connectivity index (χ0n) is 9.80. The third-order valence-corrected chi connectivity index (χ3v) is 3.94. The molecule has 6 heteroatoms. The topological polar surface area (TPSA) is 57.0 Å². The van der Waals surface area contributed by atoms with E-state index in [4.69, 9.17) is 0 Å². The number of anilines is 1. The van der Waals surface area contributed by atoms with Crippen LogP contribution in [0.2, 0.25) is 0 Å². The molecule has 0 unspecified atom stereocenters. The van der Waals surface area contributed by atoms with Crippen LogP contribution >= 0.6 is 0 Å². The molecule has 0 aliphatic carbocycles. The van der Waals surface area contributed by atoms with Crippen LogP contribution in [-0.4, -0.2) is 19.7 Å². The van der Waals surface area contributed by atoms with E-state index in [2.05, 4.69) is 13.2 Å². The minimum atomic E-state index is -0.365. The molecule has 1 aliphatic heterocycles. The third-order valence-electron chi connectivity index (χ3n) is 2.80. The van der Waals surface area contributed by atoms with Crippen molar-refractivity contribution in [1.29, 1.82) is 0 Å². The van der Waals surface area contributed by atoms with Gasteiger partial charge in [0, 0.05) is 0 Å². The number of hydrogen-bond acceptors (Lipinski definition) is 4. The van der Waals surface area contributed by atoms with Crippen molar-refractivity contribution in [3.05, 3.63) is 47.8 Å². The van der Waals surface area contributed by atoms with Gasteiger partial charge in [-0.1, -0.05) is 0 Å². The molecule has 2 aromatic rings. The third kappa shape index (κ3) is 2.45. The molecule has 4 nitrogen and oxygen atoms in total. The predicted octanol–water partition coefficient (Wildman–Crippen LogP) is 3.49. The summed E-state index contributed by atoms with van der Waals surface area (Å²) in [5.74, 6) is -0.289. The van der Waals surface area contributed by atoms with Crippen molar-refractivity contribution >= 4 is 31.6 Å². The Balaban J connectivity index is 1.82. The summed E-state index contributed by atoms with van der Waals surface area (Å²) in [4.78, 5) is 0. The number of rotatable bonds is 3. The van der Waals surface area contributed by atoms with Crippen LogP contribution in [0, 0.1) is 5.82 Å². The van der Waals surface area contributed by atoms with Gasteiger partial charge >= 0.3 is 114 Å². The minimum absolute atomic E-state index is 0.0762. The van der Waals surface area contributed by atoms with E-state index in [9.17, 15) is 9.50 Å². The zero-order chi connectivity index (χ0) is 13.2. The Bertz CT molecular complexity index is 711. The summed E-state index contributed by atoms with van der Waals surface area (Å²) in [7, 11) is 0. The van der Waals surface area contributed by atoms with Crippen LogP contribution in [-0.2, 0) is 6.54 Å². The van der Waals surface area contributed by atoms with Crippen LogP contribution in [0.4, 0.5) is 21.5 Å². The molecule has 3 rings (SSSR count). The van der Waals surface area contributed by atoms with Crippen molar-refractivity contribution in [3.63, 3.8) is 0 Å². The summed E-state index contributed by atoms with van der Waals surface area (Å²) in [5, 5.41) is 12.8. The Morgan fingerprint density at radius 2 is 2.11 bits per heavy atom. The molecule has 2 N–H and O–H groups in total. The maximum absolute atomic E-state index is 13.1. The molecule has 1 aliphatic rings. The van der Waals surface area contributed by atoms with E-state index < -0.39 is 0 Å². The van der Waals surface area contributed by atoms with Crippen molar-refractivity contribution in [2.24, 2.45) is 7.92 Å². The standard InChI is InChI=1S/C13H10FN3OSe/c14-9-4-5-12(18)8(6-9)7-15-10-2-1-3-11-13(10)17-19-16-11/h1-6,15,18H,7H2. The van der Waals surface area contributed by atoms with Crippen molar-refractivity contribution in [3.8, 4) is 5.75 Å². The molecule has 0 aromatic heterocycles. The molecule has 0 amide bonds. The van der Waals surface area contributed by atoms with E-state index in [1.54, 1.807) is 0 Å². The van der Waals surface area contributed by atoms with Gasteiger partial charge < -0.3 is 0 Å². The van der Waals surface area contributed by atoms with Gasteiger partial charge in [0.05, 0.1) is 0 Å². The molecule has 0 radical (unpaired) electrons. The second-order valence-corrected chi connectivity index (χ2v) is 5.17. The number of benzene rings is 2. The summed E-state index contributed by atoms with van der Waals surface area (Å²) in [6.45, 7) is 0.336. The normalized spacial score (nSPS) is 12.1. The number of phenols is 1. The first kappa shape index (κ1) is 12.1. The molecule has 0 spiro atoms. The Morgan fingerprint density at radius 1 is 1.21 bits per heavy atom. The average molecular weight is 322 g/mol.